The Balaban J connectivity index is 2.94. The van der Waals surface area contributed by atoms with E-state index in [0.717, 1.165) is 19.7 Å². The van der Waals surface area contributed by atoms with Gasteiger partial charge in [0.15, 0.2) is 0 Å². The molecular weight excluding hydrogens is 218 g/mol. The zero-order chi connectivity index (χ0) is 12.9. The van der Waals surface area contributed by atoms with Crippen molar-refractivity contribution in [3.05, 3.63) is 0 Å². The molecule has 0 saturated heterocycles. The number of nitrogens with one attached hydrogen (secondary N) is 1. The molecule has 1 N–H and O–H groups in total. The smallest absolute Gasteiger partial charge is 0.0703 e. The van der Waals surface area contributed by atoms with Crippen molar-refractivity contribution in [2.75, 3.05) is 46.1 Å². The van der Waals surface area contributed by atoms with E-state index in [0.29, 0.717) is 32.3 Å². The summed E-state index contributed by atoms with van der Waals surface area (Å²) in [5, 5.41) is 3.32. The molecule has 4 heteroatoms. The van der Waals surface area contributed by atoms with Crippen LogP contribution >= 0.6 is 0 Å². The summed E-state index contributed by atoms with van der Waals surface area (Å²) in [5.41, 5.74) is 0. The van der Waals surface area contributed by atoms with Gasteiger partial charge < -0.3 is 19.5 Å². The highest BCUT2D eigenvalue weighted by Crippen LogP contribution is 1.88. The van der Waals surface area contributed by atoms with Crippen LogP contribution in [0.3, 0.4) is 0 Å². The minimum atomic E-state index is 0.280. The maximum atomic E-state index is 5.41. The normalized spacial score (nSPS) is 11.6. The molecule has 0 fully saturated rings. The first kappa shape index (κ1) is 16.8. The van der Waals surface area contributed by atoms with Gasteiger partial charge in [0, 0.05) is 6.54 Å². The molecule has 0 bridgehead atoms. The summed E-state index contributed by atoms with van der Waals surface area (Å²) < 4.78 is 16.1. The minimum Gasteiger partial charge on any atom is -0.378 e. The van der Waals surface area contributed by atoms with Crippen LogP contribution in [0, 0.1) is 5.92 Å². The van der Waals surface area contributed by atoms with Crippen LogP contribution in [0.25, 0.3) is 0 Å². The lowest BCUT2D eigenvalue weighted by atomic mass is 10.2. The van der Waals surface area contributed by atoms with Gasteiger partial charge in [-0.3, -0.25) is 0 Å². The van der Waals surface area contributed by atoms with E-state index < -0.39 is 0 Å². The Kier molecular flexibility index (Phi) is 12.2. The van der Waals surface area contributed by atoms with Crippen molar-refractivity contribution in [1.29, 1.82) is 0 Å². The van der Waals surface area contributed by atoms with Crippen LogP contribution in [0.15, 0.2) is 0 Å². The van der Waals surface area contributed by atoms with Crippen LogP contribution in [0.1, 0.15) is 27.7 Å². The molecule has 0 aliphatic heterocycles. The van der Waals surface area contributed by atoms with E-state index in [1.807, 2.05) is 13.8 Å². The molecule has 0 unspecified atom stereocenters. The van der Waals surface area contributed by atoms with Gasteiger partial charge in [-0.25, -0.2) is 0 Å². The zero-order valence-corrected chi connectivity index (χ0v) is 11.8. The fourth-order valence-electron chi connectivity index (χ4n) is 1.20. The summed E-state index contributed by atoms with van der Waals surface area (Å²) in [7, 11) is 0. The summed E-state index contributed by atoms with van der Waals surface area (Å²) in [6.07, 6.45) is 0.280. The van der Waals surface area contributed by atoms with Crippen LogP contribution in [0.2, 0.25) is 0 Å². The molecule has 0 atom stereocenters. The molecule has 0 aliphatic carbocycles. The molecule has 17 heavy (non-hydrogen) atoms. The highest BCUT2D eigenvalue weighted by Gasteiger charge is 1.94. The summed E-state index contributed by atoms with van der Waals surface area (Å²) in [6, 6.07) is 0. The van der Waals surface area contributed by atoms with Crippen LogP contribution in [0.5, 0.6) is 0 Å². The Morgan fingerprint density at radius 2 is 1.41 bits per heavy atom. The summed E-state index contributed by atoms with van der Waals surface area (Å²) in [4.78, 5) is 0. The minimum absolute atomic E-state index is 0.280. The van der Waals surface area contributed by atoms with Gasteiger partial charge in [0.1, 0.15) is 0 Å². The van der Waals surface area contributed by atoms with Crippen molar-refractivity contribution in [3.63, 3.8) is 0 Å². The second-order valence-corrected chi connectivity index (χ2v) is 4.74. The summed E-state index contributed by atoms with van der Waals surface area (Å²) >= 11 is 0. The third-order valence-corrected chi connectivity index (χ3v) is 2.03. The van der Waals surface area contributed by atoms with Gasteiger partial charge >= 0.3 is 0 Å². The first-order valence-corrected chi connectivity index (χ1v) is 6.60. The van der Waals surface area contributed by atoms with Crippen LogP contribution < -0.4 is 5.32 Å². The van der Waals surface area contributed by atoms with Gasteiger partial charge in [-0.05, 0) is 26.3 Å². The highest BCUT2D eigenvalue weighted by atomic mass is 16.5. The van der Waals surface area contributed by atoms with Crippen LogP contribution in [0.4, 0.5) is 0 Å². The van der Waals surface area contributed by atoms with E-state index in [1.54, 1.807) is 0 Å². The lowest BCUT2D eigenvalue weighted by molar-refractivity contribution is -0.00106. The maximum absolute atomic E-state index is 5.41. The molecule has 0 radical (unpaired) electrons. The molecule has 0 aromatic rings. The SMILES string of the molecule is CC(C)CNCCOCCOCCOC(C)C. The van der Waals surface area contributed by atoms with E-state index in [-0.39, 0.29) is 6.10 Å². The van der Waals surface area contributed by atoms with E-state index >= 15 is 0 Å². The largest absolute Gasteiger partial charge is 0.378 e. The number of hydrogen-bond donors (Lipinski definition) is 1. The molecule has 0 amide bonds. The van der Waals surface area contributed by atoms with Crippen molar-refractivity contribution in [2.24, 2.45) is 5.92 Å². The third kappa shape index (κ3) is 15.8. The second-order valence-electron chi connectivity index (χ2n) is 4.74. The van der Waals surface area contributed by atoms with Crippen molar-refractivity contribution in [3.8, 4) is 0 Å². The van der Waals surface area contributed by atoms with E-state index in [2.05, 4.69) is 19.2 Å². The number of rotatable bonds is 12. The van der Waals surface area contributed by atoms with Gasteiger partial charge in [-0.1, -0.05) is 13.8 Å². The first-order valence-electron chi connectivity index (χ1n) is 6.60. The van der Waals surface area contributed by atoms with Gasteiger partial charge in [0.05, 0.1) is 39.1 Å². The molecular formula is C13H29NO3. The van der Waals surface area contributed by atoms with Gasteiger partial charge in [-0.15, -0.1) is 0 Å². The first-order chi connectivity index (χ1) is 8.13. The summed E-state index contributed by atoms with van der Waals surface area (Å²) in [5.74, 6) is 0.694. The molecule has 0 heterocycles. The van der Waals surface area contributed by atoms with E-state index in [1.165, 1.54) is 0 Å². The second kappa shape index (κ2) is 12.3. The monoisotopic (exact) mass is 247 g/mol. The predicted molar refractivity (Wildman–Crippen MR) is 70.4 cm³/mol. The molecule has 4 nitrogen and oxygen atoms in total. The average Bonchev–Trinajstić information content (AvgIpc) is 2.25. The Hall–Kier alpha value is -0.160. The van der Waals surface area contributed by atoms with E-state index in [9.17, 15) is 0 Å². The lowest BCUT2D eigenvalue weighted by Gasteiger charge is -2.09. The Morgan fingerprint density at radius 3 is 2.00 bits per heavy atom. The van der Waals surface area contributed by atoms with Crippen molar-refractivity contribution in [1.82, 2.24) is 5.32 Å². The molecule has 0 rings (SSSR count). The molecule has 0 spiro atoms. The third-order valence-electron chi connectivity index (χ3n) is 2.03. The van der Waals surface area contributed by atoms with Gasteiger partial charge in [0.25, 0.3) is 0 Å². The zero-order valence-electron chi connectivity index (χ0n) is 11.8. The Bertz CT molecular complexity index is 136. The molecule has 0 aliphatic rings. The molecule has 0 aromatic heterocycles. The van der Waals surface area contributed by atoms with Gasteiger partial charge in [0.2, 0.25) is 0 Å². The topological polar surface area (TPSA) is 39.7 Å². The molecule has 104 valence electrons. The number of ether oxygens (including phenoxy) is 3. The Morgan fingerprint density at radius 1 is 0.824 bits per heavy atom. The molecule has 0 saturated carbocycles. The quantitative estimate of drug-likeness (QED) is 0.533. The van der Waals surface area contributed by atoms with Crippen LogP contribution in [-0.2, 0) is 14.2 Å². The fraction of sp³-hybridized carbons (Fsp3) is 1.00. The highest BCUT2D eigenvalue weighted by molar-refractivity contribution is 4.49. The Labute approximate surface area is 106 Å². The number of hydrogen-bond acceptors (Lipinski definition) is 4. The van der Waals surface area contributed by atoms with Crippen molar-refractivity contribution >= 4 is 0 Å². The van der Waals surface area contributed by atoms with Crippen LogP contribution in [-0.4, -0.2) is 52.2 Å². The average molecular weight is 247 g/mol. The predicted octanol–water partition coefficient (Wildman–Crippen LogP) is 1.69. The van der Waals surface area contributed by atoms with Gasteiger partial charge in [-0.2, -0.15) is 0 Å². The maximum Gasteiger partial charge on any atom is 0.0703 e. The fourth-order valence-corrected chi connectivity index (χ4v) is 1.20. The van der Waals surface area contributed by atoms with E-state index in [4.69, 9.17) is 14.2 Å². The standard InChI is InChI=1S/C13H29NO3/c1-12(2)11-14-5-6-15-7-8-16-9-10-17-13(3)4/h12-14H,5-11H2,1-4H3. The van der Waals surface area contributed by atoms with Crippen molar-refractivity contribution in [2.45, 2.75) is 33.8 Å². The summed E-state index contributed by atoms with van der Waals surface area (Å²) in [6.45, 7) is 13.7. The molecule has 0 aromatic carbocycles. The van der Waals surface area contributed by atoms with Crippen molar-refractivity contribution < 1.29 is 14.2 Å². The lowest BCUT2D eigenvalue weighted by Crippen LogP contribution is -2.24.